The van der Waals surface area contributed by atoms with Gasteiger partial charge in [-0.05, 0) is 31.5 Å². The Labute approximate surface area is 135 Å². The first-order chi connectivity index (χ1) is 10.0. The molecule has 0 spiro atoms. The molecular formula is C15H22ClF3N2O. The Morgan fingerprint density at radius 1 is 1.14 bits per heavy atom. The molecule has 7 heteroatoms. The number of nitrogens with zero attached hydrogens (tertiary/aromatic N) is 1. The number of ether oxygens (including phenoxy) is 1. The van der Waals surface area contributed by atoms with Crippen LogP contribution in [-0.2, 0) is 11.3 Å². The topological polar surface area (TPSA) is 24.5 Å². The molecule has 0 radical (unpaired) electrons. The zero-order valence-electron chi connectivity index (χ0n) is 12.3. The predicted molar refractivity (Wildman–Crippen MR) is 82.0 cm³/mol. The molecule has 1 aliphatic heterocycles. The molecule has 1 heterocycles. The zero-order chi connectivity index (χ0) is 15.1. The van der Waals surface area contributed by atoms with Gasteiger partial charge in [0.25, 0.3) is 0 Å². The van der Waals surface area contributed by atoms with Gasteiger partial charge in [0.15, 0.2) is 0 Å². The summed E-state index contributed by atoms with van der Waals surface area (Å²) in [6, 6.07) is 10.6. The van der Waals surface area contributed by atoms with E-state index >= 15 is 0 Å². The summed E-state index contributed by atoms with van der Waals surface area (Å²) in [5.41, 5.74) is 1.29. The monoisotopic (exact) mass is 338 g/mol. The maximum absolute atomic E-state index is 11.8. The van der Waals surface area contributed by atoms with Gasteiger partial charge < -0.3 is 5.32 Å². The van der Waals surface area contributed by atoms with Gasteiger partial charge >= 0.3 is 6.36 Å². The highest BCUT2D eigenvalue weighted by Crippen LogP contribution is 2.16. The van der Waals surface area contributed by atoms with E-state index in [1.807, 2.05) is 18.2 Å². The summed E-state index contributed by atoms with van der Waals surface area (Å²) < 4.78 is 39.2. The van der Waals surface area contributed by atoms with Crippen molar-refractivity contribution < 1.29 is 17.9 Å². The van der Waals surface area contributed by atoms with Gasteiger partial charge in [0.05, 0.1) is 6.61 Å². The number of alkyl halides is 3. The largest absolute Gasteiger partial charge is 0.522 e. The second kappa shape index (κ2) is 9.35. The van der Waals surface area contributed by atoms with E-state index < -0.39 is 6.36 Å². The highest BCUT2D eigenvalue weighted by atomic mass is 35.5. The SMILES string of the molecule is Cl.FC(F)(F)OCCNC1CCN(Cc2ccccc2)CC1. The first-order valence-corrected chi connectivity index (χ1v) is 7.23. The molecule has 1 saturated heterocycles. The van der Waals surface area contributed by atoms with E-state index in [9.17, 15) is 13.2 Å². The lowest BCUT2D eigenvalue weighted by Gasteiger charge is -2.32. The Morgan fingerprint density at radius 2 is 1.77 bits per heavy atom. The third-order valence-corrected chi connectivity index (χ3v) is 3.64. The van der Waals surface area contributed by atoms with Crippen LogP contribution in [0, 0.1) is 0 Å². The van der Waals surface area contributed by atoms with E-state index in [-0.39, 0.29) is 31.6 Å². The van der Waals surface area contributed by atoms with Crippen LogP contribution in [0.3, 0.4) is 0 Å². The van der Waals surface area contributed by atoms with Crippen LogP contribution in [0.4, 0.5) is 13.2 Å². The summed E-state index contributed by atoms with van der Waals surface area (Å²) in [4.78, 5) is 2.37. The van der Waals surface area contributed by atoms with Crippen LogP contribution in [0.25, 0.3) is 0 Å². The fourth-order valence-electron chi connectivity index (χ4n) is 2.57. The van der Waals surface area contributed by atoms with Gasteiger partial charge in [-0.3, -0.25) is 9.64 Å². The molecule has 1 N–H and O–H groups in total. The van der Waals surface area contributed by atoms with Crippen molar-refractivity contribution in [2.24, 2.45) is 0 Å². The number of piperidine rings is 1. The summed E-state index contributed by atoms with van der Waals surface area (Å²) in [6.07, 6.45) is -2.61. The Balaban J connectivity index is 0.00000242. The maximum Gasteiger partial charge on any atom is 0.522 e. The Morgan fingerprint density at radius 3 is 2.36 bits per heavy atom. The van der Waals surface area contributed by atoms with E-state index in [0.29, 0.717) is 0 Å². The molecule has 1 aromatic carbocycles. The maximum atomic E-state index is 11.8. The van der Waals surface area contributed by atoms with Gasteiger partial charge in [-0.2, -0.15) is 0 Å². The van der Waals surface area contributed by atoms with Crippen molar-refractivity contribution in [1.82, 2.24) is 10.2 Å². The molecule has 2 rings (SSSR count). The molecule has 1 aromatic rings. The average Bonchev–Trinajstić information content (AvgIpc) is 2.45. The molecule has 0 atom stereocenters. The number of hydrogen-bond acceptors (Lipinski definition) is 3. The van der Waals surface area contributed by atoms with Crippen molar-refractivity contribution >= 4 is 12.4 Å². The van der Waals surface area contributed by atoms with Gasteiger partial charge in [0, 0.05) is 19.1 Å². The molecule has 0 bridgehead atoms. The van der Waals surface area contributed by atoms with Gasteiger partial charge in [0.2, 0.25) is 0 Å². The number of hydrogen-bond donors (Lipinski definition) is 1. The summed E-state index contributed by atoms with van der Waals surface area (Å²) in [6.45, 7) is 2.78. The van der Waals surface area contributed by atoms with Crippen LogP contribution in [0.5, 0.6) is 0 Å². The molecule has 3 nitrogen and oxygen atoms in total. The van der Waals surface area contributed by atoms with Gasteiger partial charge in [0.1, 0.15) is 0 Å². The third-order valence-electron chi connectivity index (χ3n) is 3.64. The van der Waals surface area contributed by atoms with Crippen molar-refractivity contribution in [3.63, 3.8) is 0 Å². The highest BCUT2D eigenvalue weighted by Gasteiger charge is 2.28. The minimum atomic E-state index is -4.53. The molecular weight excluding hydrogens is 317 g/mol. The quantitative estimate of drug-likeness (QED) is 0.806. The lowest BCUT2D eigenvalue weighted by molar-refractivity contribution is -0.323. The molecule has 0 saturated carbocycles. The highest BCUT2D eigenvalue weighted by molar-refractivity contribution is 5.85. The van der Waals surface area contributed by atoms with E-state index in [2.05, 4.69) is 27.1 Å². The first kappa shape index (κ1) is 19.2. The van der Waals surface area contributed by atoms with Crippen molar-refractivity contribution in [2.45, 2.75) is 31.8 Å². The smallest absolute Gasteiger partial charge is 0.312 e. The Hall–Kier alpha value is -0.820. The number of halogens is 4. The number of likely N-dealkylation sites (tertiary alicyclic amines) is 1. The van der Waals surface area contributed by atoms with Crippen LogP contribution in [0.2, 0.25) is 0 Å². The summed E-state index contributed by atoms with van der Waals surface area (Å²) >= 11 is 0. The summed E-state index contributed by atoms with van der Waals surface area (Å²) in [5, 5.41) is 3.13. The molecule has 126 valence electrons. The molecule has 0 aromatic heterocycles. The van der Waals surface area contributed by atoms with E-state index in [0.717, 1.165) is 32.5 Å². The van der Waals surface area contributed by atoms with Crippen LogP contribution in [0.1, 0.15) is 18.4 Å². The van der Waals surface area contributed by atoms with Crippen molar-refractivity contribution in [1.29, 1.82) is 0 Å². The van der Waals surface area contributed by atoms with Gasteiger partial charge in [-0.1, -0.05) is 30.3 Å². The molecule has 0 unspecified atom stereocenters. The minimum Gasteiger partial charge on any atom is -0.312 e. The predicted octanol–water partition coefficient (Wildman–Crippen LogP) is 3.20. The first-order valence-electron chi connectivity index (χ1n) is 7.23. The normalized spacial score (nSPS) is 17.2. The van der Waals surface area contributed by atoms with Crippen LogP contribution in [-0.4, -0.2) is 43.5 Å². The number of benzene rings is 1. The zero-order valence-corrected chi connectivity index (χ0v) is 13.1. The standard InChI is InChI=1S/C15H21F3N2O.ClH/c16-15(17,18)21-11-8-19-14-6-9-20(10-7-14)12-13-4-2-1-3-5-13;/h1-5,14,19H,6-12H2;1H. The second-order valence-electron chi connectivity index (χ2n) is 5.28. The van der Waals surface area contributed by atoms with Crippen LogP contribution in [0.15, 0.2) is 30.3 Å². The Bertz CT molecular complexity index is 409. The van der Waals surface area contributed by atoms with E-state index in [4.69, 9.17) is 0 Å². The van der Waals surface area contributed by atoms with Crippen molar-refractivity contribution in [3.05, 3.63) is 35.9 Å². The lowest BCUT2D eigenvalue weighted by atomic mass is 10.0. The van der Waals surface area contributed by atoms with Crippen molar-refractivity contribution in [3.8, 4) is 0 Å². The third kappa shape index (κ3) is 7.45. The molecule has 22 heavy (non-hydrogen) atoms. The number of rotatable bonds is 6. The average molecular weight is 339 g/mol. The van der Waals surface area contributed by atoms with Crippen LogP contribution >= 0.6 is 12.4 Å². The minimum absolute atomic E-state index is 0. The summed E-state index contributed by atoms with van der Waals surface area (Å²) in [7, 11) is 0. The molecule has 0 aliphatic carbocycles. The van der Waals surface area contributed by atoms with E-state index in [1.165, 1.54) is 5.56 Å². The Kier molecular flexibility index (Phi) is 8.17. The fourth-order valence-corrected chi connectivity index (χ4v) is 2.57. The van der Waals surface area contributed by atoms with E-state index in [1.54, 1.807) is 0 Å². The number of nitrogens with one attached hydrogen (secondary N) is 1. The fraction of sp³-hybridized carbons (Fsp3) is 0.600. The van der Waals surface area contributed by atoms with Gasteiger partial charge in [-0.15, -0.1) is 25.6 Å². The second-order valence-corrected chi connectivity index (χ2v) is 5.28. The van der Waals surface area contributed by atoms with Gasteiger partial charge in [-0.25, -0.2) is 0 Å². The molecule has 0 amide bonds. The van der Waals surface area contributed by atoms with Crippen LogP contribution < -0.4 is 5.32 Å². The lowest BCUT2D eigenvalue weighted by Crippen LogP contribution is -2.43. The molecule has 1 aliphatic rings. The summed E-state index contributed by atoms with van der Waals surface area (Å²) in [5.74, 6) is 0. The molecule has 1 fully saturated rings. The van der Waals surface area contributed by atoms with Crippen molar-refractivity contribution in [2.75, 3.05) is 26.2 Å².